The number of rotatable bonds is 9. The molecule has 0 atom stereocenters. The van der Waals surface area contributed by atoms with Crippen molar-refractivity contribution in [2.24, 2.45) is 0 Å². The van der Waals surface area contributed by atoms with E-state index in [1.807, 2.05) is 37.4 Å². The van der Waals surface area contributed by atoms with E-state index in [-0.39, 0.29) is 12.4 Å². The van der Waals surface area contributed by atoms with Crippen molar-refractivity contribution in [3.63, 3.8) is 0 Å². The maximum Gasteiger partial charge on any atom is 0.124 e. The predicted octanol–water partition coefficient (Wildman–Crippen LogP) is 4.57. The van der Waals surface area contributed by atoms with Crippen molar-refractivity contribution >= 4 is 23.7 Å². The molecule has 0 spiro atoms. The first-order valence-electron chi connectivity index (χ1n) is 9.26. The number of ether oxygens (including phenoxy) is 2. The molecule has 0 amide bonds. The van der Waals surface area contributed by atoms with Crippen molar-refractivity contribution < 1.29 is 9.47 Å². The van der Waals surface area contributed by atoms with Crippen molar-refractivity contribution in [1.82, 2.24) is 15.2 Å². The molecule has 0 aliphatic carbocycles. The largest absolute Gasteiger partial charge is 0.497 e. The third-order valence-corrected chi connectivity index (χ3v) is 5.62. The van der Waals surface area contributed by atoms with Crippen LogP contribution in [0.2, 0.25) is 0 Å². The fourth-order valence-electron chi connectivity index (χ4n) is 2.94. The Kier molecular flexibility index (Phi) is 8.92. The van der Waals surface area contributed by atoms with Crippen molar-refractivity contribution in [1.29, 1.82) is 0 Å². The summed E-state index contributed by atoms with van der Waals surface area (Å²) in [5, 5.41) is 4.21. The van der Waals surface area contributed by atoms with Crippen LogP contribution in [-0.2, 0) is 6.54 Å². The summed E-state index contributed by atoms with van der Waals surface area (Å²) in [5.41, 5.74) is 3.20. The quantitative estimate of drug-likeness (QED) is 0.535. The van der Waals surface area contributed by atoms with E-state index in [9.17, 15) is 0 Å². The maximum absolute atomic E-state index is 5.38. The predicted molar refractivity (Wildman–Crippen MR) is 124 cm³/mol. The van der Waals surface area contributed by atoms with Crippen LogP contribution in [0.1, 0.15) is 4.88 Å². The number of nitrogens with zero attached hydrogens (tertiary/aromatic N) is 2. The van der Waals surface area contributed by atoms with Gasteiger partial charge in [-0.1, -0.05) is 12.1 Å². The van der Waals surface area contributed by atoms with Gasteiger partial charge in [0.1, 0.15) is 16.5 Å². The zero-order chi connectivity index (χ0) is 19.9. The second kappa shape index (κ2) is 11.2. The SMILES string of the molecule is CNCCN(C)Cc1sc(-c2cccc(OC)c2)nc1-c1ccc(OC)cc1.Cl. The van der Waals surface area contributed by atoms with Crippen LogP contribution in [0, 0.1) is 0 Å². The van der Waals surface area contributed by atoms with Gasteiger partial charge in [-0.15, -0.1) is 23.7 Å². The normalized spacial score (nSPS) is 10.7. The van der Waals surface area contributed by atoms with Gasteiger partial charge in [0.15, 0.2) is 0 Å². The highest BCUT2D eigenvalue weighted by atomic mass is 35.5. The molecular weight excluding hydrogens is 406 g/mol. The summed E-state index contributed by atoms with van der Waals surface area (Å²) in [5.74, 6) is 1.69. The third-order valence-electron chi connectivity index (χ3n) is 4.53. The summed E-state index contributed by atoms with van der Waals surface area (Å²) >= 11 is 1.74. The summed E-state index contributed by atoms with van der Waals surface area (Å²) in [7, 11) is 7.48. The first kappa shape index (κ1) is 23.2. The molecule has 0 aliphatic rings. The fraction of sp³-hybridized carbons (Fsp3) is 0.318. The molecule has 156 valence electrons. The standard InChI is InChI=1S/C22H27N3O2S.ClH/c1-23-12-13-25(2)15-20-21(16-8-10-18(26-3)11-9-16)24-22(28-20)17-6-5-7-19(14-17)27-4;/h5-11,14,23H,12-13,15H2,1-4H3;1H. The molecule has 0 bridgehead atoms. The van der Waals surface area contributed by atoms with Gasteiger partial charge in [-0.3, -0.25) is 4.90 Å². The average Bonchev–Trinajstić information content (AvgIpc) is 3.16. The van der Waals surface area contributed by atoms with E-state index in [2.05, 4.69) is 35.5 Å². The van der Waals surface area contributed by atoms with E-state index < -0.39 is 0 Å². The Morgan fingerprint density at radius 3 is 2.38 bits per heavy atom. The van der Waals surface area contributed by atoms with Crippen molar-refractivity contribution in [2.75, 3.05) is 41.4 Å². The first-order valence-corrected chi connectivity index (χ1v) is 10.1. The van der Waals surface area contributed by atoms with Gasteiger partial charge < -0.3 is 14.8 Å². The molecule has 1 aromatic heterocycles. The Labute approximate surface area is 183 Å². The van der Waals surface area contributed by atoms with Crippen LogP contribution in [0.5, 0.6) is 11.5 Å². The first-order chi connectivity index (χ1) is 13.6. The van der Waals surface area contributed by atoms with E-state index in [4.69, 9.17) is 14.5 Å². The molecule has 0 radical (unpaired) electrons. The second-order valence-electron chi connectivity index (χ2n) is 6.59. The average molecular weight is 434 g/mol. The monoisotopic (exact) mass is 433 g/mol. The summed E-state index contributed by atoms with van der Waals surface area (Å²) in [6, 6.07) is 16.2. The van der Waals surface area contributed by atoms with E-state index in [1.54, 1.807) is 25.6 Å². The van der Waals surface area contributed by atoms with Crippen LogP contribution in [0.4, 0.5) is 0 Å². The minimum Gasteiger partial charge on any atom is -0.497 e. The van der Waals surface area contributed by atoms with Crippen molar-refractivity contribution in [2.45, 2.75) is 6.54 Å². The molecule has 0 aliphatic heterocycles. The Balaban J connectivity index is 0.00000300. The Bertz CT molecular complexity index is 899. The molecule has 0 unspecified atom stereocenters. The van der Waals surface area contributed by atoms with Gasteiger partial charge in [-0.05, 0) is 50.5 Å². The molecule has 0 fully saturated rings. The fourth-order valence-corrected chi connectivity index (χ4v) is 4.10. The van der Waals surface area contributed by atoms with Crippen LogP contribution in [0.3, 0.4) is 0 Å². The molecular formula is C22H28ClN3O2S. The molecule has 0 saturated carbocycles. The topological polar surface area (TPSA) is 46.6 Å². The Hall–Kier alpha value is -2.12. The molecule has 3 aromatic rings. The molecule has 5 nitrogen and oxygen atoms in total. The lowest BCUT2D eigenvalue weighted by atomic mass is 10.1. The lowest BCUT2D eigenvalue weighted by molar-refractivity contribution is 0.331. The molecule has 3 rings (SSSR count). The number of halogens is 1. The number of hydrogen-bond acceptors (Lipinski definition) is 6. The number of hydrogen-bond donors (Lipinski definition) is 1. The second-order valence-corrected chi connectivity index (χ2v) is 7.68. The number of benzene rings is 2. The van der Waals surface area contributed by atoms with Crippen LogP contribution in [0.25, 0.3) is 21.8 Å². The number of likely N-dealkylation sites (N-methyl/N-ethyl adjacent to an activating group) is 2. The molecule has 1 N–H and O–H groups in total. The van der Waals surface area contributed by atoms with Gasteiger partial charge in [-0.2, -0.15) is 0 Å². The summed E-state index contributed by atoms with van der Waals surface area (Å²) in [6.45, 7) is 2.78. The van der Waals surface area contributed by atoms with E-state index in [1.165, 1.54) is 4.88 Å². The highest BCUT2D eigenvalue weighted by molar-refractivity contribution is 7.15. The number of thiazole rings is 1. The summed E-state index contributed by atoms with van der Waals surface area (Å²) in [6.07, 6.45) is 0. The minimum absolute atomic E-state index is 0. The zero-order valence-electron chi connectivity index (χ0n) is 17.3. The van der Waals surface area contributed by atoms with Gasteiger partial charge in [0.25, 0.3) is 0 Å². The lowest BCUT2D eigenvalue weighted by Crippen LogP contribution is -2.26. The van der Waals surface area contributed by atoms with Crippen molar-refractivity contribution in [3.05, 3.63) is 53.4 Å². The lowest BCUT2D eigenvalue weighted by Gasteiger charge is -2.16. The van der Waals surface area contributed by atoms with Gasteiger partial charge >= 0.3 is 0 Å². The van der Waals surface area contributed by atoms with Gasteiger partial charge in [0.2, 0.25) is 0 Å². The molecule has 2 aromatic carbocycles. The Morgan fingerprint density at radius 1 is 1.00 bits per heavy atom. The van der Waals surface area contributed by atoms with Gasteiger partial charge in [0, 0.05) is 35.6 Å². The smallest absolute Gasteiger partial charge is 0.124 e. The van der Waals surface area contributed by atoms with Gasteiger partial charge in [0.05, 0.1) is 19.9 Å². The van der Waals surface area contributed by atoms with Crippen LogP contribution in [0.15, 0.2) is 48.5 Å². The van der Waals surface area contributed by atoms with Crippen LogP contribution in [-0.4, -0.2) is 51.3 Å². The van der Waals surface area contributed by atoms with Crippen LogP contribution < -0.4 is 14.8 Å². The maximum atomic E-state index is 5.38. The summed E-state index contributed by atoms with van der Waals surface area (Å²) < 4.78 is 10.7. The molecule has 0 saturated heterocycles. The number of aromatic nitrogens is 1. The Morgan fingerprint density at radius 2 is 1.72 bits per heavy atom. The van der Waals surface area contributed by atoms with Gasteiger partial charge in [-0.25, -0.2) is 4.98 Å². The number of methoxy groups -OCH3 is 2. The molecule has 1 heterocycles. The van der Waals surface area contributed by atoms with E-state index in [0.717, 1.165) is 53.0 Å². The third kappa shape index (κ3) is 5.93. The molecule has 7 heteroatoms. The minimum atomic E-state index is 0. The zero-order valence-corrected chi connectivity index (χ0v) is 18.9. The van der Waals surface area contributed by atoms with Crippen molar-refractivity contribution in [3.8, 4) is 33.3 Å². The van der Waals surface area contributed by atoms with E-state index in [0.29, 0.717) is 0 Å². The summed E-state index contributed by atoms with van der Waals surface area (Å²) in [4.78, 5) is 8.56. The molecule has 29 heavy (non-hydrogen) atoms. The highest BCUT2D eigenvalue weighted by Crippen LogP contribution is 2.36. The number of nitrogens with one attached hydrogen (secondary N) is 1. The van der Waals surface area contributed by atoms with E-state index >= 15 is 0 Å². The highest BCUT2D eigenvalue weighted by Gasteiger charge is 2.16. The van der Waals surface area contributed by atoms with Crippen LogP contribution >= 0.6 is 23.7 Å².